The van der Waals surface area contributed by atoms with Gasteiger partial charge in [0.15, 0.2) is 0 Å². The lowest BCUT2D eigenvalue weighted by atomic mass is 10.1. The maximum Gasteiger partial charge on any atom is 0.324 e. The molecule has 20 heteroatoms. The second-order valence-corrected chi connectivity index (χ2v) is 19.9. The summed E-state index contributed by atoms with van der Waals surface area (Å²) < 4.78 is 0. The van der Waals surface area contributed by atoms with Crippen LogP contribution in [0, 0.1) is 0 Å². The van der Waals surface area contributed by atoms with Gasteiger partial charge in [-0.25, -0.2) is 24.0 Å². The molecule has 5 aromatic rings. The van der Waals surface area contributed by atoms with Gasteiger partial charge >= 0.3 is 30.2 Å². The number of rotatable bonds is 10. The van der Waals surface area contributed by atoms with E-state index in [0.717, 1.165) is 86.7 Å². The minimum absolute atomic E-state index is 0.0155. The van der Waals surface area contributed by atoms with Crippen molar-refractivity contribution in [3.05, 3.63) is 119 Å². The number of amides is 10. The molecule has 0 unspecified atom stereocenters. The van der Waals surface area contributed by atoms with Crippen molar-refractivity contribution in [1.82, 2.24) is 24.9 Å². The molecule has 424 valence electrons. The number of anilines is 10. The third-order valence-electron chi connectivity index (χ3n) is 14.5. The van der Waals surface area contributed by atoms with Gasteiger partial charge in [0.1, 0.15) is 0 Å². The predicted molar refractivity (Wildman–Crippen MR) is 324 cm³/mol. The summed E-state index contributed by atoms with van der Waals surface area (Å²) >= 11 is 0. The maximum atomic E-state index is 12.2. The van der Waals surface area contributed by atoms with Gasteiger partial charge in [-0.2, -0.15) is 0 Å². The van der Waals surface area contributed by atoms with Crippen LogP contribution in [0.5, 0.6) is 0 Å². The maximum absolute atomic E-state index is 12.2. The lowest BCUT2D eigenvalue weighted by Gasteiger charge is -2.37. The van der Waals surface area contributed by atoms with E-state index in [9.17, 15) is 24.0 Å². The largest absolute Gasteiger partial charge is 0.388 e. The molecule has 20 nitrogen and oxygen atoms in total. The average molecular weight is 1080 g/mol. The van der Waals surface area contributed by atoms with E-state index in [1.54, 1.807) is 19.6 Å². The molecule has 5 aliphatic rings. The first kappa shape index (κ1) is 59.7. The minimum Gasteiger partial charge on any atom is -0.388 e. The summed E-state index contributed by atoms with van der Waals surface area (Å²) in [5, 5.41) is 24.0. The molecule has 0 radical (unpaired) electrons. The van der Waals surface area contributed by atoms with Crippen LogP contribution in [-0.2, 0) is 32.7 Å². The van der Waals surface area contributed by atoms with Gasteiger partial charge in [0, 0.05) is 154 Å². The van der Waals surface area contributed by atoms with Gasteiger partial charge in [0.25, 0.3) is 0 Å². The molecule has 79 heavy (non-hydrogen) atoms. The number of hydrogen-bond donors (Lipinski definition) is 8. The van der Waals surface area contributed by atoms with Crippen LogP contribution < -0.4 is 57.2 Å². The molecule has 0 aliphatic carbocycles. The minimum atomic E-state index is -0.0178. The standard InChI is InChI=1S/C13H19N3O.2C12H17N3O.2C11H15N3O/c1-9(2)16-8-10-5-6-11(14-3)7-12(10)15(4)13(16)17;1-8(2)15-7-9-4-5-10(13-3)6-11(9)14-12(15)16;1-4-15-8-9-5-6-10(13-2)7-11(9)14(3)12(15)16;1-3-14-7-8-4-5-9(12-2)6-10(8)13-11(14)15;1-3-14-10-6-9(12-2)5-4-8(10)7-13-11(14)15/h5-7,9,14H,8H2,1-4H3;4-6,8,13H,7H2,1-3H3,(H,14,16);5-7,13H,4,8H2,1-3H3;2*4-6,12H,3,7H2,1-2H3,(H,13,15). The summed E-state index contributed by atoms with van der Waals surface area (Å²) in [5.41, 5.74) is 15.8. The van der Waals surface area contributed by atoms with Crippen molar-refractivity contribution in [2.45, 2.75) is 93.3 Å². The second-order valence-electron chi connectivity index (χ2n) is 19.9. The normalized spacial score (nSPS) is 14.8. The summed E-state index contributed by atoms with van der Waals surface area (Å²) in [4.78, 5) is 71.6. The molecule has 5 aliphatic heterocycles. The van der Waals surface area contributed by atoms with Gasteiger partial charge in [-0.3, -0.25) is 14.7 Å². The van der Waals surface area contributed by atoms with E-state index < -0.39 is 0 Å². The molecule has 0 spiro atoms. The van der Waals surface area contributed by atoms with Crippen molar-refractivity contribution in [3.63, 3.8) is 0 Å². The highest BCUT2D eigenvalue weighted by Crippen LogP contribution is 2.33. The number of fused-ring (bicyclic) bond motifs is 5. The molecule has 0 atom stereocenters. The number of benzene rings is 5. The lowest BCUT2D eigenvalue weighted by Crippen LogP contribution is -2.48. The van der Waals surface area contributed by atoms with Gasteiger partial charge in [-0.15, -0.1) is 0 Å². The number of nitrogens with one attached hydrogen (secondary N) is 8. The molecule has 10 amide bonds. The highest BCUT2D eigenvalue weighted by molar-refractivity contribution is 5.97. The number of carbonyl (C=O) groups is 5. The van der Waals surface area contributed by atoms with Gasteiger partial charge in [0.05, 0.1) is 17.1 Å². The molecule has 0 fully saturated rings. The molecule has 0 saturated carbocycles. The predicted octanol–water partition coefficient (Wildman–Crippen LogP) is 11.0. The average Bonchev–Trinajstić information content (AvgIpc) is 3.51. The fraction of sp³-hybridized carbons (Fsp3) is 0.407. The van der Waals surface area contributed by atoms with Crippen molar-refractivity contribution in [2.24, 2.45) is 0 Å². The van der Waals surface area contributed by atoms with Crippen LogP contribution in [0.15, 0.2) is 91.0 Å². The van der Waals surface area contributed by atoms with Crippen LogP contribution in [0.1, 0.15) is 76.3 Å². The molecule has 0 saturated heterocycles. The molecule has 0 aromatic heterocycles. The Labute approximate surface area is 467 Å². The van der Waals surface area contributed by atoms with Crippen LogP contribution >= 0.6 is 0 Å². The van der Waals surface area contributed by atoms with E-state index in [4.69, 9.17) is 0 Å². The topological polar surface area (TPSA) is 204 Å². The van der Waals surface area contributed by atoms with E-state index in [1.165, 1.54) is 11.1 Å². The van der Waals surface area contributed by atoms with Crippen LogP contribution in [0.25, 0.3) is 0 Å². The zero-order chi connectivity index (χ0) is 57.7. The summed E-state index contributed by atoms with van der Waals surface area (Å²) in [7, 11) is 13.0. The SMILES string of the molecule is CCN1C(=O)NCc2ccc(NC)cc21.CCN1Cc2ccc(NC)cc2N(C)C1=O.CCN1Cc2ccc(NC)cc2NC1=O.CNc1ccc2c(c1)N(C)C(=O)N(C(C)C)C2.CNc1ccc2c(c1)NC(=O)N(C(C)C)C2. The summed E-state index contributed by atoms with van der Waals surface area (Å²) in [6, 6.07) is 30.9. The van der Waals surface area contributed by atoms with Gasteiger partial charge in [-0.1, -0.05) is 30.3 Å². The number of hydrogen-bond acceptors (Lipinski definition) is 10. The fourth-order valence-corrected chi connectivity index (χ4v) is 9.49. The smallest absolute Gasteiger partial charge is 0.324 e. The highest BCUT2D eigenvalue weighted by Gasteiger charge is 2.30. The van der Waals surface area contributed by atoms with E-state index in [0.29, 0.717) is 39.3 Å². The first-order valence-corrected chi connectivity index (χ1v) is 27.1. The van der Waals surface area contributed by atoms with Gasteiger partial charge in [-0.05, 0) is 137 Å². The summed E-state index contributed by atoms with van der Waals surface area (Å²) in [6.07, 6.45) is 0. The highest BCUT2D eigenvalue weighted by atomic mass is 16.2. The number of carbonyl (C=O) groups excluding carboxylic acids is 5. The number of nitrogens with zero attached hydrogens (tertiary/aromatic N) is 7. The quantitative estimate of drug-likeness (QED) is 0.0665. The van der Waals surface area contributed by atoms with Crippen molar-refractivity contribution in [1.29, 1.82) is 0 Å². The zero-order valence-corrected chi connectivity index (χ0v) is 48.6. The van der Waals surface area contributed by atoms with Crippen LogP contribution in [-0.4, -0.2) is 131 Å². The Bertz CT molecular complexity index is 2960. The Morgan fingerprint density at radius 3 is 1.29 bits per heavy atom. The van der Waals surface area contributed by atoms with E-state index in [-0.39, 0.29) is 42.2 Å². The van der Waals surface area contributed by atoms with Crippen molar-refractivity contribution < 1.29 is 24.0 Å². The lowest BCUT2D eigenvalue weighted by molar-refractivity contribution is 0.184. The zero-order valence-electron chi connectivity index (χ0n) is 48.6. The molecular formula is C59H83N15O5. The van der Waals surface area contributed by atoms with Gasteiger partial charge < -0.3 is 62.1 Å². The van der Waals surface area contributed by atoms with E-state index in [2.05, 4.69) is 60.7 Å². The molecule has 8 N–H and O–H groups in total. The Balaban J connectivity index is 0.000000160. The third-order valence-corrected chi connectivity index (χ3v) is 14.5. The Morgan fingerprint density at radius 1 is 0.430 bits per heavy atom. The fourth-order valence-electron chi connectivity index (χ4n) is 9.49. The molecular weight excluding hydrogens is 999 g/mol. The van der Waals surface area contributed by atoms with E-state index >= 15 is 0 Å². The molecule has 0 bridgehead atoms. The first-order valence-electron chi connectivity index (χ1n) is 27.1. The first-order chi connectivity index (χ1) is 37.8. The monoisotopic (exact) mass is 1080 g/mol. The van der Waals surface area contributed by atoms with Crippen LogP contribution in [0.4, 0.5) is 80.8 Å². The van der Waals surface area contributed by atoms with Crippen molar-refractivity contribution in [3.8, 4) is 0 Å². The van der Waals surface area contributed by atoms with Crippen LogP contribution in [0.2, 0.25) is 0 Å². The second kappa shape index (κ2) is 27.2. The summed E-state index contributed by atoms with van der Waals surface area (Å²) in [6.45, 7) is 19.6. The molecule has 5 heterocycles. The van der Waals surface area contributed by atoms with Gasteiger partial charge in [0.2, 0.25) is 0 Å². The van der Waals surface area contributed by atoms with Crippen LogP contribution in [0.3, 0.4) is 0 Å². The molecule has 10 rings (SSSR count). The third kappa shape index (κ3) is 14.1. The Hall–Kier alpha value is -8.55. The Kier molecular flexibility index (Phi) is 20.5. The van der Waals surface area contributed by atoms with E-state index in [1.807, 2.05) is 185 Å². The summed E-state index contributed by atoms with van der Waals surface area (Å²) in [5.74, 6) is 0. The molecule has 5 aromatic carbocycles. The Morgan fingerprint density at radius 2 is 0.823 bits per heavy atom. The number of urea groups is 5. The van der Waals surface area contributed by atoms with Crippen molar-refractivity contribution >= 4 is 87.0 Å². The van der Waals surface area contributed by atoms with Crippen molar-refractivity contribution in [2.75, 3.05) is 121 Å².